The first-order chi connectivity index (χ1) is 14.2. The number of hydrogen-bond donors (Lipinski definition) is 1. The molecular formula is C21H24N4O3S. The molecule has 2 aromatic heterocycles. The Labute approximate surface area is 173 Å². The van der Waals surface area contributed by atoms with Crippen molar-refractivity contribution in [2.24, 2.45) is 0 Å². The molecule has 0 unspecified atom stereocenters. The zero-order valence-corrected chi connectivity index (χ0v) is 17.4. The third kappa shape index (κ3) is 4.32. The van der Waals surface area contributed by atoms with Crippen molar-refractivity contribution in [2.45, 2.75) is 43.8 Å². The highest BCUT2D eigenvalue weighted by Gasteiger charge is 2.21. The molecule has 0 atom stereocenters. The maximum atomic E-state index is 12.4. The largest absolute Gasteiger partial charge is 0.497 e. The second-order valence-electron chi connectivity index (χ2n) is 7.07. The van der Waals surface area contributed by atoms with E-state index in [0.717, 1.165) is 35.6 Å². The van der Waals surface area contributed by atoms with E-state index in [0.29, 0.717) is 22.8 Å². The van der Waals surface area contributed by atoms with Crippen LogP contribution < -0.4 is 10.1 Å². The maximum Gasteiger partial charge on any atom is 0.230 e. The number of aryl methyl sites for hydroxylation is 1. The van der Waals surface area contributed by atoms with Gasteiger partial charge < -0.3 is 14.5 Å². The predicted octanol–water partition coefficient (Wildman–Crippen LogP) is 4.00. The van der Waals surface area contributed by atoms with Crippen LogP contribution in [-0.4, -0.2) is 39.6 Å². The summed E-state index contributed by atoms with van der Waals surface area (Å²) in [6.07, 6.45) is 6.16. The van der Waals surface area contributed by atoms with Crippen LogP contribution in [0.2, 0.25) is 0 Å². The minimum atomic E-state index is 0.0307. The Morgan fingerprint density at radius 3 is 2.86 bits per heavy atom. The van der Waals surface area contributed by atoms with Crippen LogP contribution >= 0.6 is 11.8 Å². The van der Waals surface area contributed by atoms with E-state index in [4.69, 9.17) is 9.15 Å². The van der Waals surface area contributed by atoms with Gasteiger partial charge in [0.2, 0.25) is 5.91 Å². The Bertz CT molecular complexity index is 991. The van der Waals surface area contributed by atoms with E-state index in [1.54, 1.807) is 13.4 Å². The molecule has 0 radical (unpaired) electrons. The zero-order chi connectivity index (χ0) is 20.2. The molecule has 0 bridgehead atoms. The molecule has 29 heavy (non-hydrogen) atoms. The maximum absolute atomic E-state index is 12.4. The quantitative estimate of drug-likeness (QED) is 0.591. The van der Waals surface area contributed by atoms with Crippen molar-refractivity contribution in [1.82, 2.24) is 20.1 Å². The molecule has 7 nitrogen and oxygen atoms in total. The molecule has 1 aromatic carbocycles. The molecule has 1 N–H and O–H groups in total. The summed E-state index contributed by atoms with van der Waals surface area (Å²) in [6, 6.07) is 9.87. The highest BCUT2D eigenvalue weighted by atomic mass is 32.2. The van der Waals surface area contributed by atoms with E-state index in [1.807, 2.05) is 41.8 Å². The van der Waals surface area contributed by atoms with Gasteiger partial charge in [-0.3, -0.25) is 9.36 Å². The number of ether oxygens (including phenoxy) is 1. The first-order valence-electron chi connectivity index (χ1n) is 9.72. The second-order valence-corrected chi connectivity index (χ2v) is 8.01. The predicted molar refractivity (Wildman–Crippen MR) is 111 cm³/mol. The number of thioether (sulfide) groups is 1. The number of carbonyl (C=O) groups is 1. The lowest BCUT2D eigenvalue weighted by atomic mass is 10.2. The van der Waals surface area contributed by atoms with Gasteiger partial charge in [0.1, 0.15) is 11.5 Å². The smallest absolute Gasteiger partial charge is 0.230 e. The number of rotatable bonds is 7. The van der Waals surface area contributed by atoms with Gasteiger partial charge in [0.25, 0.3) is 0 Å². The van der Waals surface area contributed by atoms with Crippen LogP contribution in [0.5, 0.6) is 5.75 Å². The number of nitrogens with zero attached hydrogens (tertiary/aromatic N) is 3. The number of aromatic nitrogens is 3. The average molecular weight is 413 g/mol. The Hall–Kier alpha value is -2.74. The number of nitrogens with one attached hydrogen (secondary N) is 1. The average Bonchev–Trinajstić information content (AvgIpc) is 3.47. The first kappa shape index (κ1) is 19.6. The molecule has 3 aromatic rings. The van der Waals surface area contributed by atoms with Gasteiger partial charge in [-0.05, 0) is 38.0 Å². The van der Waals surface area contributed by atoms with E-state index in [9.17, 15) is 4.79 Å². The Morgan fingerprint density at radius 2 is 2.14 bits per heavy atom. The molecule has 1 aliphatic carbocycles. The molecule has 1 aliphatic rings. The van der Waals surface area contributed by atoms with Crippen LogP contribution in [0.3, 0.4) is 0 Å². The number of methoxy groups -OCH3 is 1. The fourth-order valence-corrected chi connectivity index (χ4v) is 4.37. The molecular weight excluding hydrogens is 388 g/mol. The van der Waals surface area contributed by atoms with Crippen molar-refractivity contribution in [2.75, 3.05) is 12.9 Å². The molecule has 1 fully saturated rings. The number of carbonyl (C=O) groups excluding carboxylic acids is 1. The fourth-order valence-electron chi connectivity index (χ4n) is 3.61. The molecule has 0 aliphatic heterocycles. The summed E-state index contributed by atoms with van der Waals surface area (Å²) in [7, 11) is 1.63. The molecule has 1 saturated carbocycles. The Morgan fingerprint density at radius 1 is 1.31 bits per heavy atom. The highest BCUT2D eigenvalue weighted by Crippen LogP contribution is 2.31. The molecule has 8 heteroatoms. The molecule has 4 rings (SSSR count). The lowest BCUT2D eigenvalue weighted by Crippen LogP contribution is -2.33. The summed E-state index contributed by atoms with van der Waals surface area (Å²) in [5.41, 5.74) is 1.73. The second kappa shape index (κ2) is 8.73. The van der Waals surface area contributed by atoms with E-state index >= 15 is 0 Å². The molecule has 1 amide bonds. The first-order valence-corrected chi connectivity index (χ1v) is 10.7. The van der Waals surface area contributed by atoms with Crippen molar-refractivity contribution < 1.29 is 13.9 Å². The molecule has 0 spiro atoms. The van der Waals surface area contributed by atoms with Crippen LogP contribution in [0, 0.1) is 6.92 Å². The van der Waals surface area contributed by atoms with Crippen molar-refractivity contribution >= 4 is 17.7 Å². The molecule has 152 valence electrons. The number of amides is 1. The zero-order valence-electron chi connectivity index (χ0n) is 16.6. The van der Waals surface area contributed by atoms with Gasteiger partial charge in [-0.15, -0.1) is 10.2 Å². The summed E-state index contributed by atoms with van der Waals surface area (Å²) in [4.78, 5) is 12.4. The SMILES string of the molecule is COc1cccc(-n2c(SCC(=O)NC3CCCC3)nnc2-c2ccoc2C)c1. The van der Waals surface area contributed by atoms with Gasteiger partial charge >= 0.3 is 0 Å². The van der Waals surface area contributed by atoms with Gasteiger partial charge in [-0.2, -0.15) is 0 Å². The summed E-state index contributed by atoms with van der Waals surface area (Å²) >= 11 is 1.38. The summed E-state index contributed by atoms with van der Waals surface area (Å²) in [6.45, 7) is 1.89. The van der Waals surface area contributed by atoms with Gasteiger partial charge in [-0.1, -0.05) is 30.7 Å². The highest BCUT2D eigenvalue weighted by molar-refractivity contribution is 7.99. The van der Waals surface area contributed by atoms with Gasteiger partial charge in [-0.25, -0.2) is 0 Å². The molecule has 2 heterocycles. The van der Waals surface area contributed by atoms with Crippen LogP contribution in [0.1, 0.15) is 31.4 Å². The van der Waals surface area contributed by atoms with Crippen molar-refractivity contribution in [3.63, 3.8) is 0 Å². The van der Waals surface area contributed by atoms with Crippen molar-refractivity contribution in [1.29, 1.82) is 0 Å². The van der Waals surface area contributed by atoms with E-state index < -0.39 is 0 Å². The normalized spacial score (nSPS) is 14.3. The summed E-state index contributed by atoms with van der Waals surface area (Å²) in [5.74, 6) is 2.49. The fraction of sp³-hybridized carbons (Fsp3) is 0.381. The van der Waals surface area contributed by atoms with Crippen LogP contribution in [-0.2, 0) is 4.79 Å². The Balaban J connectivity index is 1.62. The van der Waals surface area contributed by atoms with E-state index in [1.165, 1.54) is 24.6 Å². The van der Waals surface area contributed by atoms with Gasteiger partial charge in [0.05, 0.1) is 30.4 Å². The summed E-state index contributed by atoms with van der Waals surface area (Å²) < 4.78 is 12.8. The van der Waals surface area contributed by atoms with Crippen molar-refractivity contribution in [3.05, 3.63) is 42.4 Å². The number of hydrogen-bond acceptors (Lipinski definition) is 6. The van der Waals surface area contributed by atoms with Crippen molar-refractivity contribution in [3.8, 4) is 22.8 Å². The van der Waals surface area contributed by atoms with Crippen LogP contribution in [0.25, 0.3) is 17.1 Å². The lowest BCUT2D eigenvalue weighted by molar-refractivity contribution is -0.119. The number of benzene rings is 1. The third-order valence-electron chi connectivity index (χ3n) is 5.10. The summed E-state index contributed by atoms with van der Waals surface area (Å²) in [5, 5.41) is 12.5. The minimum absolute atomic E-state index is 0.0307. The van der Waals surface area contributed by atoms with E-state index in [-0.39, 0.29) is 5.91 Å². The van der Waals surface area contributed by atoms with Crippen LogP contribution in [0.4, 0.5) is 0 Å². The van der Waals surface area contributed by atoms with E-state index in [2.05, 4.69) is 15.5 Å². The molecule has 0 saturated heterocycles. The topological polar surface area (TPSA) is 82.2 Å². The minimum Gasteiger partial charge on any atom is -0.497 e. The lowest BCUT2D eigenvalue weighted by Gasteiger charge is -2.13. The van der Waals surface area contributed by atoms with Crippen LogP contribution in [0.15, 0.2) is 46.2 Å². The van der Waals surface area contributed by atoms with Gasteiger partial charge in [0, 0.05) is 12.1 Å². The third-order valence-corrected chi connectivity index (χ3v) is 6.03. The number of furan rings is 1. The monoisotopic (exact) mass is 412 g/mol. The standard InChI is InChI=1S/C21H24N4O3S/c1-14-18(10-11-28-14)20-23-24-21(25(20)16-8-5-9-17(12-16)27-2)29-13-19(26)22-15-6-3-4-7-15/h5,8-12,15H,3-4,6-7,13H2,1-2H3,(H,22,26). The van der Waals surface area contributed by atoms with Gasteiger partial charge in [0.15, 0.2) is 11.0 Å². The Kier molecular flexibility index (Phi) is 5.89.